The summed E-state index contributed by atoms with van der Waals surface area (Å²) in [6.07, 6.45) is 8.16. The summed E-state index contributed by atoms with van der Waals surface area (Å²) >= 11 is 0. The molecule has 1 aliphatic carbocycles. The zero-order chi connectivity index (χ0) is 17.8. The molecule has 0 bridgehead atoms. The summed E-state index contributed by atoms with van der Waals surface area (Å²) in [5, 5.41) is 7.86. The van der Waals surface area contributed by atoms with Crippen LogP contribution in [0.5, 0.6) is 0 Å². The lowest BCUT2D eigenvalue weighted by Gasteiger charge is -2.14. The molecule has 0 spiro atoms. The molecule has 1 aliphatic rings. The van der Waals surface area contributed by atoms with Gasteiger partial charge in [-0.2, -0.15) is 5.10 Å². The Labute approximate surface area is 153 Å². The predicted molar refractivity (Wildman–Crippen MR) is 101 cm³/mol. The molecule has 0 atom stereocenters. The summed E-state index contributed by atoms with van der Waals surface area (Å²) in [6, 6.07) is 13.3. The molecule has 2 heterocycles. The predicted octanol–water partition coefficient (Wildman–Crippen LogP) is 3.25. The number of benzene rings is 1. The molecular weight excluding hydrogens is 324 g/mol. The van der Waals surface area contributed by atoms with Crippen molar-refractivity contribution in [2.75, 3.05) is 6.54 Å². The highest BCUT2D eigenvalue weighted by molar-refractivity contribution is 5.94. The van der Waals surface area contributed by atoms with Crippen LogP contribution in [0.15, 0.2) is 54.9 Å². The van der Waals surface area contributed by atoms with E-state index in [4.69, 9.17) is 5.10 Å². The number of pyridine rings is 1. The topological polar surface area (TPSA) is 59.8 Å². The van der Waals surface area contributed by atoms with Crippen LogP contribution in [0.2, 0.25) is 0 Å². The second-order valence-electron chi connectivity index (χ2n) is 6.56. The highest BCUT2D eigenvalue weighted by Crippen LogP contribution is 2.30. The summed E-state index contributed by atoms with van der Waals surface area (Å²) in [7, 11) is 0. The average Bonchev–Trinajstić information content (AvgIpc) is 3.08. The standard InChI is InChI=1S/C21H22N4O/c26-21(17-6-2-1-3-7-17)23-14-15-25-19-9-5-4-8-18(19)20(24-25)16-10-12-22-13-11-16/h1-3,6-7,10-13H,4-5,8-9,14-15H2,(H,23,26). The van der Waals surface area contributed by atoms with Crippen molar-refractivity contribution in [3.8, 4) is 11.3 Å². The van der Waals surface area contributed by atoms with Crippen molar-refractivity contribution in [1.82, 2.24) is 20.1 Å². The van der Waals surface area contributed by atoms with Gasteiger partial charge in [0.1, 0.15) is 0 Å². The maximum absolute atomic E-state index is 12.2. The Hall–Kier alpha value is -2.95. The van der Waals surface area contributed by atoms with Gasteiger partial charge in [0.25, 0.3) is 5.91 Å². The van der Waals surface area contributed by atoms with Crippen LogP contribution in [0.1, 0.15) is 34.5 Å². The Balaban J connectivity index is 1.50. The van der Waals surface area contributed by atoms with Crippen molar-refractivity contribution in [2.45, 2.75) is 32.2 Å². The highest BCUT2D eigenvalue weighted by Gasteiger charge is 2.21. The number of hydrogen-bond donors (Lipinski definition) is 1. The van der Waals surface area contributed by atoms with Crippen LogP contribution in [0, 0.1) is 0 Å². The third-order valence-corrected chi connectivity index (χ3v) is 4.86. The molecule has 5 nitrogen and oxygen atoms in total. The van der Waals surface area contributed by atoms with Crippen LogP contribution < -0.4 is 5.32 Å². The fourth-order valence-corrected chi connectivity index (χ4v) is 3.56. The van der Waals surface area contributed by atoms with Crippen molar-refractivity contribution >= 4 is 5.91 Å². The van der Waals surface area contributed by atoms with Gasteiger partial charge in [-0.25, -0.2) is 0 Å². The molecular formula is C21H22N4O. The Morgan fingerprint density at radius 3 is 2.62 bits per heavy atom. The van der Waals surface area contributed by atoms with E-state index in [2.05, 4.69) is 15.0 Å². The van der Waals surface area contributed by atoms with Gasteiger partial charge < -0.3 is 5.32 Å². The molecule has 1 amide bonds. The first kappa shape index (κ1) is 16.5. The first-order valence-corrected chi connectivity index (χ1v) is 9.15. The molecule has 0 saturated heterocycles. The molecule has 0 radical (unpaired) electrons. The van der Waals surface area contributed by atoms with Crippen LogP contribution in [0.25, 0.3) is 11.3 Å². The number of aromatic nitrogens is 3. The van der Waals surface area contributed by atoms with Crippen LogP contribution in [0.3, 0.4) is 0 Å². The SMILES string of the molecule is O=C(NCCn1nc(-c2ccncc2)c2c1CCCC2)c1ccccc1. The third-order valence-electron chi connectivity index (χ3n) is 4.86. The van der Waals surface area contributed by atoms with E-state index >= 15 is 0 Å². The second kappa shape index (κ2) is 7.52. The molecule has 0 aliphatic heterocycles. The largest absolute Gasteiger partial charge is 0.350 e. The van der Waals surface area contributed by atoms with Crippen LogP contribution >= 0.6 is 0 Å². The van der Waals surface area contributed by atoms with Gasteiger partial charge in [-0.15, -0.1) is 0 Å². The minimum Gasteiger partial charge on any atom is -0.350 e. The van der Waals surface area contributed by atoms with Crippen LogP contribution in [-0.2, 0) is 19.4 Å². The van der Waals surface area contributed by atoms with Gasteiger partial charge in [0.15, 0.2) is 0 Å². The number of carbonyl (C=O) groups is 1. The molecule has 26 heavy (non-hydrogen) atoms. The maximum atomic E-state index is 12.2. The van der Waals surface area contributed by atoms with Gasteiger partial charge in [0, 0.05) is 41.3 Å². The lowest BCUT2D eigenvalue weighted by Crippen LogP contribution is -2.28. The number of rotatable bonds is 5. The number of nitrogens with zero attached hydrogens (tertiary/aromatic N) is 3. The molecule has 3 aromatic rings. The smallest absolute Gasteiger partial charge is 0.251 e. The molecule has 132 valence electrons. The van der Waals surface area contributed by atoms with E-state index in [1.165, 1.54) is 24.1 Å². The second-order valence-corrected chi connectivity index (χ2v) is 6.56. The number of hydrogen-bond acceptors (Lipinski definition) is 3. The number of carbonyl (C=O) groups excluding carboxylic acids is 1. The van der Waals surface area contributed by atoms with Crippen molar-refractivity contribution in [3.05, 3.63) is 71.7 Å². The van der Waals surface area contributed by atoms with Crippen molar-refractivity contribution in [1.29, 1.82) is 0 Å². The summed E-state index contributed by atoms with van der Waals surface area (Å²) in [6.45, 7) is 1.25. The van der Waals surface area contributed by atoms with Gasteiger partial charge in [0.05, 0.1) is 12.2 Å². The molecule has 0 saturated carbocycles. The van der Waals surface area contributed by atoms with Gasteiger partial charge in [-0.05, 0) is 49.9 Å². The van der Waals surface area contributed by atoms with E-state index in [9.17, 15) is 4.79 Å². The fraction of sp³-hybridized carbons (Fsp3) is 0.286. The normalized spacial score (nSPS) is 13.2. The van der Waals surface area contributed by atoms with E-state index in [1.807, 2.05) is 54.9 Å². The molecule has 5 heteroatoms. The van der Waals surface area contributed by atoms with Crippen LogP contribution in [-0.4, -0.2) is 27.2 Å². The maximum Gasteiger partial charge on any atom is 0.251 e. The zero-order valence-electron chi connectivity index (χ0n) is 14.7. The fourth-order valence-electron chi connectivity index (χ4n) is 3.56. The van der Waals surface area contributed by atoms with Gasteiger partial charge >= 0.3 is 0 Å². The number of nitrogens with one attached hydrogen (secondary N) is 1. The van der Waals surface area contributed by atoms with E-state index in [0.29, 0.717) is 18.7 Å². The lowest BCUT2D eigenvalue weighted by atomic mass is 9.94. The van der Waals surface area contributed by atoms with Crippen molar-refractivity contribution in [3.63, 3.8) is 0 Å². The van der Waals surface area contributed by atoms with Crippen molar-refractivity contribution < 1.29 is 4.79 Å². The third kappa shape index (κ3) is 3.38. The van der Waals surface area contributed by atoms with Crippen LogP contribution in [0.4, 0.5) is 0 Å². The first-order valence-electron chi connectivity index (χ1n) is 9.15. The van der Waals surface area contributed by atoms with Crippen molar-refractivity contribution in [2.24, 2.45) is 0 Å². The zero-order valence-corrected chi connectivity index (χ0v) is 14.7. The molecule has 1 N–H and O–H groups in total. The summed E-state index contributed by atoms with van der Waals surface area (Å²) in [5.74, 6) is -0.0408. The summed E-state index contributed by atoms with van der Waals surface area (Å²) < 4.78 is 2.08. The molecule has 4 rings (SSSR count). The minimum absolute atomic E-state index is 0.0408. The average molecular weight is 346 g/mol. The number of amides is 1. The molecule has 2 aromatic heterocycles. The van der Waals surface area contributed by atoms with E-state index in [-0.39, 0.29) is 5.91 Å². The highest BCUT2D eigenvalue weighted by atomic mass is 16.1. The lowest BCUT2D eigenvalue weighted by molar-refractivity contribution is 0.0952. The first-order chi connectivity index (χ1) is 12.8. The Kier molecular flexibility index (Phi) is 4.78. The summed E-state index contributed by atoms with van der Waals surface area (Å²) in [4.78, 5) is 16.3. The van der Waals surface area contributed by atoms with E-state index < -0.39 is 0 Å². The van der Waals surface area contributed by atoms with Gasteiger partial charge in [0.2, 0.25) is 0 Å². The molecule has 0 unspecified atom stereocenters. The van der Waals surface area contributed by atoms with Gasteiger partial charge in [-0.1, -0.05) is 18.2 Å². The molecule has 1 aromatic carbocycles. The Morgan fingerprint density at radius 2 is 1.81 bits per heavy atom. The molecule has 0 fully saturated rings. The Bertz CT molecular complexity index is 887. The van der Waals surface area contributed by atoms with E-state index in [1.54, 1.807) is 0 Å². The monoisotopic (exact) mass is 346 g/mol. The van der Waals surface area contributed by atoms with E-state index in [0.717, 1.165) is 24.1 Å². The van der Waals surface area contributed by atoms with Gasteiger partial charge in [-0.3, -0.25) is 14.5 Å². The minimum atomic E-state index is -0.0408. The Morgan fingerprint density at radius 1 is 1.04 bits per heavy atom. The summed E-state index contributed by atoms with van der Waals surface area (Å²) in [5.41, 5.74) is 5.54. The quantitative estimate of drug-likeness (QED) is 0.771. The number of fused-ring (bicyclic) bond motifs is 1.